The predicted molar refractivity (Wildman–Crippen MR) is 71.8 cm³/mol. The fourth-order valence-electron chi connectivity index (χ4n) is 2.21. The molecule has 0 bridgehead atoms. The number of likely N-dealkylation sites (tertiary alicyclic amines) is 1. The number of benzene rings is 1. The van der Waals surface area contributed by atoms with Crippen LogP contribution in [0.1, 0.15) is 18.9 Å². The van der Waals surface area contributed by atoms with E-state index in [2.05, 4.69) is 17.2 Å². The number of halogens is 1. The Morgan fingerprint density at radius 1 is 1.55 bits per heavy atom. The number of hydrogen-bond donors (Lipinski definition) is 1. The van der Waals surface area contributed by atoms with Crippen LogP contribution in [0, 0.1) is 17.7 Å². The summed E-state index contributed by atoms with van der Waals surface area (Å²) in [7, 11) is 0. The van der Waals surface area contributed by atoms with E-state index in [9.17, 15) is 14.0 Å². The first-order valence-electron chi connectivity index (χ1n) is 6.34. The summed E-state index contributed by atoms with van der Waals surface area (Å²) < 4.78 is 13.1. The average molecular weight is 274 g/mol. The van der Waals surface area contributed by atoms with Crippen LogP contribution in [0.5, 0.6) is 0 Å². The zero-order valence-corrected chi connectivity index (χ0v) is 11.1. The van der Waals surface area contributed by atoms with Gasteiger partial charge in [-0.15, -0.1) is 0 Å². The molecule has 2 rings (SSSR count). The predicted octanol–water partition coefficient (Wildman–Crippen LogP) is 1.07. The van der Waals surface area contributed by atoms with Crippen LogP contribution in [0.25, 0.3) is 0 Å². The molecule has 1 unspecified atom stereocenters. The van der Waals surface area contributed by atoms with E-state index in [1.807, 2.05) is 0 Å². The monoisotopic (exact) mass is 274 g/mol. The van der Waals surface area contributed by atoms with Gasteiger partial charge in [0, 0.05) is 19.5 Å². The molecule has 0 spiro atoms. The molecule has 1 aliphatic rings. The van der Waals surface area contributed by atoms with Gasteiger partial charge >= 0.3 is 0 Å². The Labute approximate surface area is 117 Å². The molecule has 1 aromatic rings. The van der Waals surface area contributed by atoms with Crippen LogP contribution < -0.4 is 5.32 Å². The fourth-order valence-corrected chi connectivity index (χ4v) is 2.21. The maximum atomic E-state index is 13.1. The Balaban J connectivity index is 1.95. The van der Waals surface area contributed by atoms with Crippen molar-refractivity contribution < 1.29 is 14.0 Å². The highest BCUT2D eigenvalue weighted by molar-refractivity contribution is 5.94. The molecule has 0 radical (unpaired) electrons. The highest BCUT2D eigenvalue weighted by atomic mass is 19.1. The molecule has 1 aromatic carbocycles. The molecule has 1 N–H and O–H groups in total. The summed E-state index contributed by atoms with van der Waals surface area (Å²) in [5, 5.41) is 2.69. The topological polar surface area (TPSA) is 49.4 Å². The van der Waals surface area contributed by atoms with E-state index in [0.29, 0.717) is 13.1 Å². The van der Waals surface area contributed by atoms with E-state index in [1.54, 1.807) is 24.0 Å². The molecule has 1 atom stereocenters. The lowest BCUT2D eigenvalue weighted by Gasteiger charge is -2.16. The van der Waals surface area contributed by atoms with Crippen molar-refractivity contribution in [3.8, 4) is 11.8 Å². The number of carbonyl (C=O) groups is 2. The van der Waals surface area contributed by atoms with Crippen LogP contribution in [0.15, 0.2) is 24.3 Å². The van der Waals surface area contributed by atoms with Gasteiger partial charge in [0.1, 0.15) is 5.82 Å². The van der Waals surface area contributed by atoms with Crippen molar-refractivity contribution in [1.29, 1.82) is 0 Å². The minimum atomic E-state index is -0.377. The molecule has 1 saturated heterocycles. The van der Waals surface area contributed by atoms with Crippen LogP contribution in [0.2, 0.25) is 0 Å². The van der Waals surface area contributed by atoms with Crippen molar-refractivity contribution in [1.82, 2.24) is 10.2 Å². The second kappa shape index (κ2) is 6.20. The van der Waals surface area contributed by atoms with E-state index >= 15 is 0 Å². The summed E-state index contributed by atoms with van der Waals surface area (Å²) in [5.74, 6) is 4.14. The molecule has 5 heteroatoms. The van der Waals surface area contributed by atoms with E-state index in [1.165, 1.54) is 12.1 Å². The van der Waals surface area contributed by atoms with Gasteiger partial charge in [0.2, 0.25) is 5.91 Å². The molecule has 2 amide bonds. The maximum absolute atomic E-state index is 13.1. The molecule has 0 saturated carbocycles. The molecular formula is C15H15FN2O2. The fraction of sp³-hybridized carbons (Fsp3) is 0.333. The minimum Gasteiger partial charge on any atom is -0.340 e. The highest BCUT2D eigenvalue weighted by Gasteiger charge is 2.30. The van der Waals surface area contributed by atoms with E-state index in [4.69, 9.17) is 0 Å². The van der Waals surface area contributed by atoms with Gasteiger partial charge in [-0.2, -0.15) is 0 Å². The normalized spacial score (nSPS) is 17.6. The number of nitrogens with one attached hydrogen (secondary N) is 1. The van der Waals surface area contributed by atoms with Crippen molar-refractivity contribution in [3.63, 3.8) is 0 Å². The molecule has 0 aromatic heterocycles. The van der Waals surface area contributed by atoms with Crippen LogP contribution >= 0.6 is 0 Å². The molecule has 20 heavy (non-hydrogen) atoms. The molecule has 104 valence electrons. The van der Waals surface area contributed by atoms with Crippen molar-refractivity contribution in [3.05, 3.63) is 35.6 Å². The Hall–Kier alpha value is -2.35. The van der Waals surface area contributed by atoms with E-state index in [-0.39, 0.29) is 30.1 Å². The van der Waals surface area contributed by atoms with Crippen LogP contribution in [0.3, 0.4) is 0 Å². The SMILES string of the molecule is CC#CC(=O)NC1CC(=O)N(Cc2cccc(F)c2)C1. The third-order valence-corrected chi connectivity index (χ3v) is 3.05. The molecule has 1 heterocycles. The lowest BCUT2D eigenvalue weighted by molar-refractivity contribution is -0.128. The summed E-state index contributed by atoms with van der Waals surface area (Å²) in [6, 6.07) is 5.92. The van der Waals surface area contributed by atoms with Crippen LogP contribution in [0.4, 0.5) is 4.39 Å². The Kier molecular flexibility index (Phi) is 4.36. The lowest BCUT2D eigenvalue weighted by Crippen LogP contribution is -2.36. The molecule has 1 fully saturated rings. The number of carbonyl (C=O) groups excluding carboxylic acids is 2. The average Bonchev–Trinajstić information content (AvgIpc) is 2.69. The summed E-state index contributed by atoms with van der Waals surface area (Å²) in [5.41, 5.74) is 0.735. The first-order valence-corrected chi connectivity index (χ1v) is 6.34. The quantitative estimate of drug-likeness (QED) is 0.838. The first-order chi connectivity index (χ1) is 9.58. The standard InChI is InChI=1S/C15H15FN2O2/c1-2-4-14(19)17-13-8-15(20)18(10-13)9-11-5-3-6-12(16)7-11/h3,5-7,13H,8-10H2,1H3,(H,17,19). The van der Waals surface area contributed by atoms with Crippen molar-refractivity contribution in [2.24, 2.45) is 0 Å². The van der Waals surface area contributed by atoms with Gasteiger partial charge in [-0.05, 0) is 30.5 Å². The van der Waals surface area contributed by atoms with Gasteiger partial charge in [0.15, 0.2) is 0 Å². The highest BCUT2D eigenvalue weighted by Crippen LogP contribution is 2.15. The molecular weight excluding hydrogens is 259 g/mol. The third-order valence-electron chi connectivity index (χ3n) is 3.05. The van der Waals surface area contributed by atoms with Gasteiger partial charge in [-0.3, -0.25) is 9.59 Å². The minimum absolute atomic E-state index is 0.0518. The second-order valence-corrected chi connectivity index (χ2v) is 4.65. The zero-order chi connectivity index (χ0) is 14.5. The van der Waals surface area contributed by atoms with Crippen molar-refractivity contribution >= 4 is 11.8 Å². The van der Waals surface area contributed by atoms with Gasteiger partial charge in [-0.1, -0.05) is 18.1 Å². The Morgan fingerprint density at radius 2 is 2.35 bits per heavy atom. The molecule has 0 aliphatic carbocycles. The number of amides is 2. The molecule has 4 nitrogen and oxygen atoms in total. The summed E-state index contributed by atoms with van der Waals surface area (Å²) >= 11 is 0. The third kappa shape index (κ3) is 3.58. The smallest absolute Gasteiger partial charge is 0.296 e. The summed E-state index contributed by atoms with van der Waals surface area (Å²) in [6.45, 7) is 2.35. The van der Waals surface area contributed by atoms with Gasteiger partial charge in [-0.25, -0.2) is 4.39 Å². The maximum Gasteiger partial charge on any atom is 0.296 e. The number of rotatable bonds is 3. The first kappa shape index (κ1) is 14.1. The Bertz CT molecular complexity index is 589. The van der Waals surface area contributed by atoms with Crippen molar-refractivity contribution in [2.75, 3.05) is 6.54 Å². The Morgan fingerprint density at radius 3 is 3.05 bits per heavy atom. The molecule has 1 aliphatic heterocycles. The van der Waals surface area contributed by atoms with Crippen molar-refractivity contribution in [2.45, 2.75) is 25.9 Å². The van der Waals surface area contributed by atoms with Crippen LogP contribution in [-0.2, 0) is 16.1 Å². The van der Waals surface area contributed by atoms with Gasteiger partial charge < -0.3 is 10.2 Å². The van der Waals surface area contributed by atoms with E-state index < -0.39 is 0 Å². The zero-order valence-electron chi connectivity index (χ0n) is 11.1. The van der Waals surface area contributed by atoms with Gasteiger partial charge in [0.25, 0.3) is 5.91 Å². The largest absolute Gasteiger partial charge is 0.340 e. The number of nitrogens with zero attached hydrogens (tertiary/aromatic N) is 1. The van der Waals surface area contributed by atoms with Gasteiger partial charge in [0.05, 0.1) is 6.04 Å². The summed E-state index contributed by atoms with van der Waals surface area (Å²) in [6.07, 6.45) is 0.256. The number of hydrogen-bond acceptors (Lipinski definition) is 2. The van der Waals surface area contributed by atoms with Crippen LogP contribution in [-0.4, -0.2) is 29.3 Å². The summed E-state index contributed by atoms with van der Waals surface area (Å²) in [4.78, 5) is 24.8. The second-order valence-electron chi connectivity index (χ2n) is 4.65. The lowest BCUT2D eigenvalue weighted by atomic mass is 10.2. The van der Waals surface area contributed by atoms with E-state index in [0.717, 1.165) is 5.56 Å².